The number of methoxy groups -OCH3 is 1. The molecule has 1 aliphatic heterocycles. The van der Waals surface area contributed by atoms with E-state index in [-0.39, 0.29) is 17.3 Å². The number of ether oxygens (including phenoxy) is 2. The molecule has 1 amide bonds. The Bertz CT molecular complexity index is 1290. The fourth-order valence-electron chi connectivity index (χ4n) is 4.09. The third-order valence-electron chi connectivity index (χ3n) is 6.03. The number of hydrogen-bond donors (Lipinski definition) is 1. The number of carbonyl (C=O) groups is 1. The maximum atomic E-state index is 13.2. The van der Waals surface area contributed by atoms with Gasteiger partial charge in [-0.15, -0.1) is 0 Å². The van der Waals surface area contributed by atoms with Crippen LogP contribution in [0.4, 0.5) is 28.9 Å². The highest BCUT2D eigenvalue weighted by Crippen LogP contribution is 2.34. The number of anilines is 2. The fraction of sp³-hybridized carbons (Fsp3) is 0.259. The molecule has 200 valence electrons. The van der Waals surface area contributed by atoms with Crippen molar-refractivity contribution in [3.8, 4) is 11.5 Å². The van der Waals surface area contributed by atoms with E-state index < -0.39 is 24.3 Å². The van der Waals surface area contributed by atoms with Crippen LogP contribution in [0, 0.1) is 5.82 Å². The lowest BCUT2D eigenvalue weighted by Gasteiger charge is -2.37. The largest absolute Gasteiger partial charge is 0.493 e. The van der Waals surface area contributed by atoms with E-state index in [2.05, 4.69) is 15.1 Å². The number of nitrogens with one attached hydrogen (secondary N) is 1. The lowest BCUT2D eigenvalue weighted by Crippen LogP contribution is -2.48. The highest BCUT2D eigenvalue weighted by Gasteiger charge is 2.33. The Kier molecular flexibility index (Phi) is 8.35. The van der Waals surface area contributed by atoms with Crippen LogP contribution >= 0.6 is 12.2 Å². The number of para-hydroxylation sites is 1. The first-order valence-corrected chi connectivity index (χ1v) is 12.1. The highest BCUT2D eigenvalue weighted by atomic mass is 32.1. The highest BCUT2D eigenvalue weighted by molar-refractivity contribution is 7.80. The normalized spacial score (nSPS) is 13.7. The minimum Gasteiger partial charge on any atom is -0.493 e. The van der Waals surface area contributed by atoms with Crippen LogP contribution in [0.15, 0.2) is 66.7 Å². The van der Waals surface area contributed by atoms with Crippen molar-refractivity contribution in [2.45, 2.75) is 6.18 Å². The Labute approximate surface area is 222 Å². The minimum atomic E-state index is -4.60. The van der Waals surface area contributed by atoms with Gasteiger partial charge in [-0.2, -0.15) is 13.2 Å². The van der Waals surface area contributed by atoms with Crippen LogP contribution < -0.4 is 19.7 Å². The number of benzene rings is 3. The van der Waals surface area contributed by atoms with E-state index in [1.54, 1.807) is 30.3 Å². The number of thiocarbonyl (C=S) groups is 1. The van der Waals surface area contributed by atoms with Gasteiger partial charge in [0.05, 0.1) is 18.4 Å². The van der Waals surface area contributed by atoms with E-state index in [4.69, 9.17) is 21.7 Å². The number of amides is 1. The quantitative estimate of drug-likeness (QED) is 0.317. The Morgan fingerprint density at radius 1 is 0.974 bits per heavy atom. The topological polar surface area (TPSA) is 54.0 Å². The molecule has 6 nitrogen and oxygen atoms in total. The number of nitrogens with zero attached hydrogens (tertiary/aromatic N) is 2. The zero-order valence-electron chi connectivity index (χ0n) is 20.4. The van der Waals surface area contributed by atoms with E-state index in [1.807, 2.05) is 0 Å². The zero-order chi connectivity index (χ0) is 27.3. The number of rotatable bonds is 7. The molecule has 1 N–H and O–H groups in total. The van der Waals surface area contributed by atoms with Gasteiger partial charge in [0.25, 0.3) is 5.91 Å². The van der Waals surface area contributed by atoms with Gasteiger partial charge < -0.3 is 24.6 Å². The van der Waals surface area contributed by atoms with E-state index in [0.717, 1.165) is 30.4 Å². The molecule has 38 heavy (non-hydrogen) atoms. The van der Waals surface area contributed by atoms with Gasteiger partial charge in [-0.3, -0.25) is 4.79 Å². The molecule has 0 aromatic heterocycles. The summed E-state index contributed by atoms with van der Waals surface area (Å²) in [5.74, 6) is -0.442. The summed E-state index contributed by atoms with van der Waals surface area (Å²) in [7, 11) is 1.44. The molecular formula is C27H25F4N3O3S. The van der Waals surface area contributed by atoms with Crippen molar-refractivity contribution in [2.24, 2.45) is 0 Å². The predicted octanol–water partition coefficient (Wildman–Crippen LogP) is 5.37. The number of hydrogen-bond acceptors (Lipinski definition) is 5. The lowest BCUT2D eigenvalue weighted by molar-refractivity contribution is -0.137. The molecule has 0 saturated carbocycles. The van der Waals surface area contributed by atoms with Crippen LogP contribution in [-0.2, 0) is 11.0 Å². The molecule has 11 heteroatoms. The molecule has 3 aromatic rings. The molecule has 0 bridgehead atoms. The van der Waals surface area contributed by atoms with Gasteiger partial charge in [0.2, 0.25) is 0 Å². The third-order valence-corrected chi connectivity index (χ3v) is 6.53. The summed E-state index contributed by atoms with van der Waals surface area (Å²) in [6.07, 6.45) is -4.60. The summed E-state index contributed by atoms with van der Waals surface area (Å²) >= 11 is 5.69. The summed E-state index contributed by atoms with van der Waals surface area (Å²) in [6, 6.07) is 16.1. The molecule has 0 spiro atoms. The molecule has 0 aliphatic carbocycles. The zero-order valence-corrected chi connectivity index (χ0v) is 21.2. The van der Waals surface area contributed by atoms with Gasteiger partial charge >= 0.3 is 6.18 Å². The first-order chi connectivity index (χ1) is 18.2. The fourth-order valence-corrected chi connectivity index (χ4v) is 4.40. The van der Waals surface area contributed by atoms with Crippen molar-refractivity contribution in [1.29, 1.82) is 0 Å². The number of alkyl halides is 3. The summed E-state index contributed by atoms with van der Waals surface area (Å²) < 4.78 is 63.6. The van der Waals surface area contributed by atoms with E-state index in [0.29, 0.717) is 23.8 Å². The monoisotopic (exact) mass is 547 g/mol. The van der Waals surface area contributed by atoms with Crippen molar-refractivity contribution in [3.63, 3.8) is 0 Å². The van der Waals surface area contributed by atoms with E-state index >= 15 is 0 Å². The molecule has 1 saturated heterocycles. The molecule has 1 aliphatic rings. The summed E-state index contributed by atoms with van der Waals surface area (Å²) in [5.41, 5.74) is 0.386. The van der Waals surface area contributed by atoms with Gasteiger partial charge in [-0.25, -0.2) is 4.39 Å². The van der Waals surface area contributed by atoms with Gasteiger partial charge in [0.1, 0.15) is 10.8 Å². The van der Waals surface area contributed by atoms with Crippen LogP contribution in [0.1, 0.15) is 11.1 Å². The first kappa shape index (κ1) is 27.2. The maximum Gasteiger partial charge on any atom is 0.418 e. The second kappa shape index (κ2) is 11.7. The van der Waals surface area contributed by atoms with Crippen molar-refractivity contribution < 1.29 is 31.8 Å². The van der Waals surface area contributed by atoms with Gasteiger partial charge in [0, 0.05) is 37.4 Å². The van der Waals surface area contributed by atoms with Crippen molar-refractivity contribution in [3.05, 3.63) is 83.7 Å². The number of carbonyl (C=O) groups excluding carboxylic acids is 1. The Balaban J connectivity index is 1.35. The van der Waals surface area contributed by atoms with Crippen LogP contribution in [0.25, 0.3) is 0 Å². The second-order valence-corrected chi connectivity index (χ2v) is 8.89. The summed E-state index contributed by atoms with van der Waals surface area (Å²) in [4.78, 5) is 17.1. The van der Waals surface area contributed by atoms with Crippen molar-refractivity contribution in [2.75, 3.05) is 50.1 Å². The summed E-state index contributed by atoms with van der Waals surface area (Å²) in [6.45, 7) is 2.28. The molecule has 1 fully saturated rings. The van der Waals surface area contributed by atoms with Crippen LogP contribution in [0.2, 0.25) is 0 Å². The summed E-state index contributed by atoms with van der Waals surface area (Å²) in [5, 5.41) is 2.24. The standard InChI is InChI=1S/C27H25F4N3O3S/c1-36-24-16-18(26(38)34-14-12-33(13-15-34)20-9-7-19(28)8-10-20)6-11-23(24)37-17-25(35)32-22-5-3-2-4-21(22)27(29,30)31/h2-11,16H,12-15,17H2,1H3,(H,32,35). The first-order valence-electron chi connectivity index (χ1n) is 11.7. The van der Waals surface area contributed by atoms with Gasteiger partial charge in [0.15, 0.2) is 18.1 Å². The average Bonchev–Trinajstić information content (AvgIpc) is 2.91. The van der Waals surface area contributed by atoms with Gasteiger partial charge in [-0.05, 0) is 54.6 Å². The minimum absolute atomic E-state index is 0.249. The second-order valence-electron chi connectivity index (χ2n) is 8.50. The molecule has 0 radical (unpaired) electrons. The predicted molar refractivity (Wildman–Crippen MR) is 140 cm³/mol. The molecule has 3 aromatic carbocycles. The van der Waals surface area contributed by atoms with Crippen molar-refractivity contribution >= 4 is 34.5 Å². The molecular weight excluding hydrogens is 522 g/mol. The number of piperazine rings is 1. The molecule has 0 atom stereocenters. The number of halogens is 4. The smallest absolute Gasteiger partial charge is 0.418 e. The van der Waals surface area contributed by atoms with Crippen LogP contribution in [0.5, 0.6) is 11.5 Å². The maximum absolute atomic E-state index is 13.2. The lowest BCUT2D eigenvalue weighted by atomic mass is 10.1. The average molecular weight is 548 g/mol. The molecule has 1 heterocycles. The van der Waals surface area contributed by atoms with E-state index in [9.17, 15) is 22.4 Å². The van der Waals surface area contributed by atoms with Gasteiger partial charge in [-0.1, -0.05) is 24.4 Å². The molecule has 4 rings (SSSR count). The Morgan fingerprint density at radius 2 is 1.66 bits per heavy atom. The SMILES string of the molecule is COc1cc(C(=S)N2CCN(c3ccc(F)cc3)CC2)ccc1OCC(=O)Nc1ccccc1C(F)(F)F. The van der Waals surface area contributed by atoms with Crippen LogP contribution in [0.3, 0.4) is 0 Å². The van der Waals surface area contributed by atoms with E-state index in [1.165, 1.54) is 37.4 Å². The third kappa shape index (κ3) is 6.52. The Hall–Kier alpha value is -3.86. The van der Waals surface area contributed by atoms with Crippen molar-refractivity contribution in [1.82, 2.24) is 4.90 Å². The Morgan fingerprint density at radius 3 is 2.32 bits per heavy atom. The molecule has 0 unspecified atom stereocenters. The van der Waals surface area contributed by atoms with Crippen LogP contribution in [-0.4, -0.2) is 55.7 Å².